The molecule has 0 bridgehead atoms. The molecule has 0 aromatic heterocycles. The third-order valence-corrected chi connectivity index (χ3v) is 7.08. The molecule has 0 radical (unpaired) electrons. The van der Waals surface area contributed by atoms with Gasteiger partial charge in [0, 0.05) is 13.6 Å². The molecule has 0 aromatic carbocycles. The molecule has 0 heterocycles. The Morgan fingerprint density at radius 3 is 2.00 bits per heavy atom. The standard InChI is InChI=1S/C24H41NO/c1-4-6-7-9-20-11-15-22(16-12-20)23-17-13-21(14-18-23)10-8-19-25(3)24(26)5-2/h4-6,20-23H,2,7-19H2,1,3H3/b6-4+. The highest BCUT2D eigenvalue weighted by Gasteiger charge is 2.30. The third kappa shape index (κ3) is 6.93. The summed E-state index contributed by atoms with van der Waals surface area (Å²) in [6, 6.07) is 0. The van der Waals surface area contributed by atoms with Crippen LogP contribution in [-0.2, 0) is 4.79 Å². The van der Waals surface area contributed by atoms with E-state index in [1.807, 2.05) is 7.05 Å². The molecule has 0 atom stereocenters. The van der Waals surface area contributed by atoms with Crippen molar-refractivity contribution in [3.63, 3.8) is 0 Å². The maximum absolute atomic E-state index is 11.5. The van der Waals surface area contributed by atoms with E-state index >= 15 is 0 Å². The van der Waals surface area contributed by atoms with E-state index in [1.54, 1.807) is 4.90 Å². The van der Waals surface area contributed by atoms with Crippen molar-refractivity contribution in [2.75, 3.05) is 13.6 Å². The molecule has 2 saturated carbocycles. The lowest BCUT2D eigenvalue weighted by atomic mass is 9.68. The van der Waals surface area contributed by atoms with Crippen LogP contribution in [0.4, 0.5) is 0 Å². The molecule has 0 unspecified atom stereocenters. The van der Waals surface area contributed by atoms with Gasteiger partial charge >= 0.3 is 0 Å². The van der Waals surface area contributed by atoms with E-state index in [4.69, 9.17) is 0 Å². The van der Waals surface area contributed by atoms with Gasteiger partial charge in [-0.05, 0) is 88.0 Å². The Labute approximate surface area is 162 Å². The number of amides is 1. The first-order valence-electron chi connectivity index (χ1n) is 11.1. The van der Waals surface area contributed by atoms with Crippen molar-refractivity contribution in [3.8, 4) is 0 Å². The number of likely N-dealkylation sites (N-methyl/N-ethyl adjacent to an activating group) is 1. The summed E-state index contributed by atoms with van der Waals surface area (Å²) in [7, 11) is 1.88. The quantitative estimate of drug-likeness (QED) is 0.345. The van der Waals surface area contributed by atoms with E-state index in [0.29, 0.717) is 0 Å². The van der Waals surface area contributed by atoms with Gasteiger partial charge in [-0.15, -0.1) is 0 Å². The van der Waals surface area contributed by atoms with E-state index in [2.05, 4.69) is 25.7 Å². The number of nitrogens with zero attached hydrogens (tertiary/aromatic N) is 1. The van der Waals surface area contributed by atoms with Crippen LogP contribution in [-0.4, -0.2) is 24.4 Å². The maximum Gasteiger partial charge on any atom is 0.245 e. The second kappa shape index (κ2) is 11.6. The molecule has 26 heavy (non-hydrogen) atoms. The Morgan fingerprint density at radius 1 is 0.962 bits per heavy atom. The van der Waals surface area contributed by atoms with Gasteiger partial charge in [0.15, 0.2) is 0 Å². The summed E-state index contributed by atoms with van der Waals surface area (Å²) < 4.78 is 0. The fourth-order valence-corrected chi connectivity index (χ4v) is 5.28. The highest BCUT2D eigenvalue weighted by molar-refractivity contribution is 5.86. The number of carbonyl (C=O) groups is 1. The van der Waals surface area contributed by atoms with Crippen LogP contribution in [0.25, 0.3) is 0 Å². The fourth-order valence-electron chi connectivity index (χ4n) is 5.28. The third-order valence-electron chi connectivity index (χ3n) is 7.08. The summed E-state index contributed by atoms with van der Waals surface area (Å²) in [4.78, 5) is 13.3. The predicted molar refractivity (Wildman–Crippen MR) is 112 cm³/mol. The normalized spacial score (nSPS) is 29.6. The van der Waals surface area contributed by atoms with Crippen molar-refractivity contribution in [2.24, 2.45) is 23.7 Å². The SMILES string of the molecule is C=CC(=O)N(C)CCCC1CCC(C2CCC(CC/C=C/C)CC2)CC1. The topological polar surface area (TPSA) is 20.3 Å². The van der Waals surface area contributed by atoms with Crippen LogP contribution in [0, 0.1) is 23.7 Å². The second-order valence-corrected chi connectivity index (χ2v) is 8.81. The molecule has 0 spiro atoms. The number of rotatable bonds is 9. The van der Waals surface area contributed by atoms with Crippen LogP contribution in [0.15, 0.2) is 24.8 Å². The van der Waals surface area contributed by atoms with Crippen molar-refractivity contribution in [2.45, 2.75) is 84.0 Å². The summed E-state index contributed by atoms with van der Waals surface area (Å²) in [6.45, 7) is 6.57. The Balaban J connectivity index is 1.59. The smallest absolute Gasteiger partial charge is 0.245 e. The van der Waals surface area contributed by atoms with Gasteiger partial charge < -0.3 is 4.90 Å². The number of hydrogen-bond acceptors (Lipinski definition) is 1. The largest absolute Gasteiger partial charge is 0.342 e. The number of carbonyl (C=O) groups excluding carboxylic acids is 1. The van der Waals surface area contributed by atoms with E-state index in [9.17, 15) is 4.79 Å². The molecule has 2 fully saturated rings. The van der Waals surface area contributed by atoms with Crippen LogP contribution >= 0.6 is 0 Å². The van der Waals surface area contributed by atoms with Crippen molar-refractivity contribution in [1.29, 1.82) is 0 Å². The zero-order valence-electron chi connectivity index (χ0n) is 17.3. The van der Waals surface area contributed by atoms with Gasteiger partial charge in [0.1, 0.15) is 0 Å². The lowest BCUT2D eigenvalue weighted by Gasteiger charge is -2.38. The summed E-state index contributed by atoms with van der Waals surface area (Å²) in [5.41, 5.74) is 0. The molecule has 0 aliphatic heterocycles. The van der Waals surface area contributed by atoms with Gasteiger partial charge in [-0.25, -0.2) is 0 Å². The minimum absolute atomic E-state index is 0.0510. The highest BCUT2D eigenvalue weighted by atomic mass is 16.2. The molecule has 0 saturated heterocycles. The first-order valence-corrected chi connectivity index (χ1v) is 11.1. The van der Waals surface area contributed by atoms with Crippen molar-refractivity contribution >= 4 is 5.91 Å². The van der Waals surface area contributed by atoms with Gasteiger partial charge in [0.2, 0.25) is 5.91 Å². The first-order chi connectivity index (χ1) is 12.6. The summed E-state index contributed by atoms with van der Waals surface area (Å²) >= 11 is 0. The van der Waals surface area contributed by atoms with Crippen LogP contribution in [0.3, 0.4) is 0 Å². The molecule has 1 amide bonds. The van der Waals surface area contributed by atoms with Crippen LogP contribution in [0.2, 0.25) is 0 Å². The Kier molecular flexibility index (Phi) is 9.50. The lowest BCUT2D eigenvalue weighted by Crippen LogP contribution is -2.27. The zero-order valence-corrected chi connectivity index (χ0v) is 17.3. The van der Waals surface area contributed by atoms with E-state index in [1.165, 1.54) is 76.7 Å². The average molecular weight is 360 g/mol. The maximum atomic E-state index is 11.5. The Bertz CT molecular complexity index is 439. The minimum Gasteiger partial charge on any atom is -0.342 e. The van der Waals surface area contributed by atoms with Crippen LogP contribution < -0.4 is 0 Å². The predicted octanol–water partition coefficient (Wildman–Crippen LogP) is 6.38. The number of hydrogen-bond donors (Lipinski definition) is 0. The zero-order chi connectivity index (χ0) is 18.8. The second-order valence-electron chi connectivity index (χ2n) is 8.81. The van der Waals surface area contributed by atoms with E-state index in [0.717, 1.165) is 36.6 Å². The van der Waals surface area contributed by atoms with Gasteiger partial charge in [0.25, 0.3) is 0 Å². The highest BCUT2D eigenvalue weighted by Crippen LogP contribution is 2.42. The van der Waals surface area contributed by atoms with Gasteiger partial charge in [-0.2, -0.15) is 0 Å². The molecule has 2 aliphatic rings. The van der Waals surface area contributed by atoms with Gasteiger partial charge in [0.05, 0.1) is 0 Å². The monoisotopic (exact) mass is 359 g/mol. The Morgan fingerprint density at radius 2 is 1.50 bits per heavy atom. The molecule has 2 aliphatic carbocycles. The number of allylic oxidation sites excluding steroid dienone is 2. The molecule has 148 valence electrons. The molecule has 2 heteroatoms. The average Bonchev–Trinajstić information content (AvgIpc) is 2.68. The van der Waals surface area contributed by atoms with Gasteiger partial charge in [-0.1, -0.05) is 44.4 Å². The minimum atomic E-state index is 0.0510. The fraction of sp³-hybridized carbons (Fsp3) is 0.792. The van der Waals surface area contributed by atoms with E-state index in [-0.39, 0.29) is 5.91 Å². The molecule has 2 nitrogen and oxygen atoms in total. The summed E-state index contributed by atoms with van der Waals surface area (Å²) in [5.74, 6) is 3.97. The molecule has 2 rings (SSSR count). The molecule has 0 aromatic rings. The van der Waals surface area contributed by atoms with Crippen molar-refractivity contribution < 1.29 is 4.79 Å². The lowest BCUT2D eigenvalue weighted by molar-refractivity contribution is -0.124. The molecule has 0 N–H and O–H groups in total. The van der Waals surface area contributed by atoms with Crippen molar-refractivity contribution in [1.82, 2.24) is 4.90 Å². The first kappa shape index (κ1) is 21.3. The van der Waals surface area contributed by atoms with Gasteiger partial charge in [-0.3, -0.25) is 4.79 Å². The van der Waals surface area contributed by atoms with Crippen LogP contribution in [0.1, 0.15) is 84.0 Å². The Hall–Kier alpha value is -1.05. The molecular formula is C24H41NO. The van der Waals surface area contributed by atoms with Crippen molar-refractivity contribution in [3.05, 3.63) is 24.8 Å². The van der Waals surface area contributed by atoms with E-state index < -0.39 is 0 Å². The summed E-state index contributed by atoms with van der Waals surface area (Å²) in [5, 5.41) is 0. The van der Waals surface area contributed by atoms with Crippen LogP contribution in [0.5, 0.6) is 0 Å². The molecular weight excluding hydrogens is 318 g/mol. The summed E-state index contributed by atoms with van der Waals surface area (Å²) in [6.07, 6.45) is 22.8.